The smallest absolute Gasteiger partial charge is 0.264 e. The van der Waals surface area contributed by atoms with E-state index in [1.165, 1.54) is 49.5 Å². The normalized spacial score (nSPS) is 11.4. The molecule has 2 rings (SSSR count). The molecule has 0 radical (unpaired) electrons. The summed E-state index contributed by atoms with van der Waals surface area (Å²) in [5.74, 6) is -0.429. The largest absolute Gasteiger partial charge is 0.326 e. The van der Waals surface area contributed by atoms with Gasteiger partial charge >= 0.3 is 0 Å². The second-order valence-corrected chi connectivity index (χ2v) is 6.78. The van der Waals surface area contributed by atoms with Crippen molar-refractivity contribution >= 4 is 27.3 Å². The lowest BCUT2D eigenvalue weighted by Crippen LogP contribution is -2.26. The van der Waals surface area contributed by atoms with Crippen molar-refractivity contribution < 1.29 is 12.8 Å². The first-order valence-corrected chi connectivity index (χ1v) is 7.91. The lowest BCUT2D eigenvalue weighted by molar-refractivity contribution is 0.594. The van der Waals surface area contributed by atoms with Crippen molar-refractivity contribution in [3.8, 4) is 0 Å². The molecular weight excluding hydrogens is 315 g/mol. The molecule has 0 bridgehead atoms. The average Bonchev–Trinajstić information content (AvgIpc) is 2.47. The maximum atomic E-state index is 12.9. The molecule has 0 heterocycles. The number of nitrogens with zero attached hydrogens (tertiary/aromatic N) is 1. The third-order valence-electron chi connectivity index (χ3n) is 3.09. The van der Waals surface area contributed by atoms with Crippen LogP contribution >= 0.6 is 11.6 Å². The molecule has 0 aliphatic rings. The van der Waals surface area contributed by atoms with Gasteiger partial charge in [0.2, 0.25) is 0 Å². The van der Waals surface area contributed by atoms with Crippen LogP contribution in [0.1, 0.15) is 5.56 Å². The average molecular weight is 329 g/mol. The van der Waals surface area contributed by atoms with Gasteiger partial charge in [-0.3, -0.25) is 4.31 Å². The maximum absolute atomic E-state index is 12.9. The Kier molecular flexibility index (Phi) is 4.51. The van der Waals surface area contributed by atoms with Gasteiger partial charge in [0.25, 0.3) is 10.0 Å². The second kappa shape index (κ2) is 6.01. The van der Waals surface area contributed by atoms with Gasteiger partial charge in [-0.2, -0.15) is 0 Å². The topological polar surface area (TPSA) is 63.4 Å². The Morgan fingerprint density at radius 3 is 2.38 bits per heavy atom. The summed E-state index contributed by atoms with van der Waals surface area (Å²) in [5, 5.41) is 0.417. The van der Waals surface area contributed by atoms with Crippen molar-refractivity contribution in [2.24, 2.45) is 5.73 Å². The van der Waals surface area contributed by atoms with Crippen molar-refractivity contribution in [1.29, 1.82) is 0 Å². The van der Waals surface area contributed by atoms with Gasteiger partial charge in [0.1, 0.15) is 5.82 Å². The molecule has 0 fully saturated rings. The minimum absolute atomic E-state index is 0.0826. The highest BCUT2D eigenvalue weighted by Gasteiger charge is 2.22. The van der Waals surface area contributed by atoms with E-state index in [4.69, 9.17) is 17.3 Å². The summed E-state index contributed by atoms with van der Waals surface area (Å²) < 4.78 is 39.1. The van der Waals surface area contributed by atoms with E-state index >= 15 is 0 Å². The molecule has 0 atom stereocenters. The Hall–Kier alpha value is -1.63. The molecule has 21 heavy (non-hydrogen) atoms. The fraction of sp³-hybridized carbons (Fsp3) is 0.143. The number of rotatable bonds is 4. The first-order chi connectivity index (χ1) is 9.86. The van der Waals surface area contributed by atoms with E-state index in [0.29, 0.717) is 16.3 Å². The molecule has 0 unspecified atom stereocenters. The minimum atomic E-state index is -3.76. The predicted molar refractivity (Wildman–Crippen MR) is 81.3 cm³/mol. The summed E-state index contributed by atoms with van der Waals surface area (Å²) in [6, 6.07) is 9.55. The Morgan fingerprint density at radius 2 is 1.81 bits per heavy atom. The van der Waals surface area contributed by atoms with E-state index < -0.39 is 15.8 Å². The quantitative estimate of drug-likeness (QED) is 0.938. The molecule has 2 N–H and O–H groups in total. The third kappa shape index (κ3) is 3.18. The zero-order chi connectivity index (χ0) is 15.6. The monoisotopic (exact) mass is 328 g/mol. The van der Waals surface area contributed by atoms with E-state index in [9.17, 15) is 12.8 Å². The molecular formula is C14H14ClFN2O2S. The van der Waals surface area contributed by atoms with Gasteiger partial charge in [0.05, 0.1) is 10.6 Å². The van der Waals surface area contributed by atoms with E-state index in [1.807, 2.05) is 0 Å². The lowest BCUT2D eigenvalue weighted by atomic mass is 10.2. The van der Waals surface area contributed by atoms with E-state index in [0.717, 1.165) is 4.31 Å². The molecule has 0 saturated carbocycles. The van der Waals surface area contributed by atoms with Gasteiger partial charge in [0, 0.05) is 18.6 Å². The molecule has 2 aromatic carbocycles. The van der Waals surface area contributed by atoms with Crippen molar-refractivity contribution in [1.82, 2.24) is 0 Å². The van der Waals surface area contributed by atoms with Crippen LogP contribution < -0.4 is 10.0 Å². The standard InChI is InChI=1S/C14H14ClFN2O2S/c1-18(12-4-2-11(16)3-5-12)21(19,20)13-6-7-14(15)10(8-13)9-17/h2-8H,9,17H2,1H3. The van der Waals surface area contributed by atoms with Crippen LogP contribution in [0.2, 0.25) is 5.02 Å². The molecule has 2 aromatic rings. The SMILES string of the molecule is CN(c1ccc(F)cc1)S(=O)(=O)c1ccc(Cl)c(CN)c1. The lowest BCUT2D eigenvalue weighted by Gasteiger charge is -2.20. The van der Waals surface area contributed by atoms with Crippen LogP contribution in [0.4, 0.5) is 10.1 Å². The van der Waals surface area contributed by atoms with E-state index in [-0.39, 0.29) is 11.4 Å². The molecule has 0 aliphatic heterocycles. The first kappa shape index (κ1) is 15.8. The summed E-state index contributed by atoms with van der Waals surface area (Å²) in [4.78, 5) is 0.0826. The zero-order valence-corrected chi connectivity index (χ0v) is 12.8. The summed E-state index contributed by atoms with van der Waals surface area (Å²) in [6.07, 6.45) is 0. The highest BCUT2D eigenvalue weighted by Crippen LogP contribution is 2.25. The number of sulfonamides is 1. The van der Waals surface area contributed by atoms with Crippen LogP contribution in [-0.4, -0.2) is 15.5 Å². The van der Waals surface area contributed by atoms with Crippen LogP contribution in [0.3, 0.4) is 0 Å². The van der Waals surface area contributed by atoms with Gasteiger partial charge in [-0.25, -0.2) is 12.8 Å². The summed E-state index contributed by atoms with van der Waals surface area (Å²) >= 11 is 5.93. The maximum Gasteiger partial charge on any atom is 0.264 e. The van der Waals surface area contributed by atoms with Crippen molar-refractivity contribution in [3.05, 3.63) is 58.9 Å². The molecule has 0 aromatic heterocycles. The fourth-order valence-corrected chi connectivity index (χ4v) is 3.26. The number of nitrogens with two attached hydrogens (primary N) is 1. The van der Waals surface area contributed by atoms with Crippen molar-refractivity contribution in [2.45, 2.75) is 11.4 Å². The summed E-state index contributed by atoms with van der Waals surface area (Å²) in [5.41, 5.74) is 6.44. The number of hydrogen-bond acceptors (Lipinski definition) is 3. The second-order valence-electron chi connectivity index (χ2n) is 4.41. The Bertz CT molecular complexity index is 748. The number of hydrogen-bond donors (Lipinski definition) is 1. The van der Waals surface area contributed by atoms with Gasteiger partial charge in [-0.15, -0.1) is 0 Å². The molecule has 112 valence electrons. The molecule has 7 heteroatoms. The van der Waals surface area contributed by atoms with Gasteiger partial charge in [0.15, 0.2) is 0 Å². The molecule has 0 aliphatic carbocycles. The van der Waals surface area contributed by atoms with Crippen LogP contribution in [0.5, 0.6) is 0 Å². The van der Waals surface area contributed by atoms with Crippen LogP contribution in [0.25, 0.3) is 0 Å². The van der Waals surface area contributed by atoms with E-state index in [2.05, 4.69) is 0 Å². The van der Waals surface area contributed by atoms with Crippen molar-refractivity contribution in [2.75, 3.05) is 11.4 Å². The highest BCUT2D eigenvalue weighted by molar-refractivity contribution is 7.92. The minimum Gasteiger partial charge on any atom is -0.326 e. The summed E-state index contributed by atoms with van der Waals surface area (Å²) in [6.45, 7) is 0.141. The van der Waals surface area contributed by atoms with Gasteiger partial charge < -0.3 is 5.73 Å². The fourth-order valence-electron chi connectivity index (χ4n) is 1.82. The van der Waals surface area contributed by atoms with Gasteiger partial charge in [-0.1, -0.05) is 11.6 Å². The Labute approximate surface area is 128 Å². The number of benzene rings is 2. The van der Waals surface area contributed by atoms with E-state index in [1.54, 1.807) is 0 Å². The summed E-state index contributed by atoms with van der Waals surface area (Å²) in [7, 11) is -2.36. The Morgan fingerprint density at radius 1 is 1.19 bits per heavy atom. The third-order valence-corrected chi connectivity index (χ3v) is 5.24. The predicted octanol–water partition coefficient (Wildman–Crippen LogP) is 2.76. The van der Waals surface area contributed by atoms with Crippen LogP contribution in [0.15, 0.2) is 47.4 Å². The van der Waals surface area contributed by atoms with Gasteiger partial charge in [-0.05, 0) is 48.0 Å². The first-order valence-electron chi connectivity index (χ1n) is 6.09. The number of anilines is 1. The van der Waals surface area contributed by atoms with Crippen molar-refractivity contribution in [3.63, 3.8) is 0 Å². The Balaban J connectivity index is 2.43. The number of halogens is 2. The molecule has 4 nitrogen and oxygen atoms in total. The van der Waals surface area contributed by atoms with Crippen LogP contribution in [-0.2, 0) is 16.6 Å². The van der Waals surface area contributed by atoms with Crippen LogP contribution in [0, 0.1) is 5.82 Å². The molecule has 0 saturated heterocycles. The molecule has 0 spiro atoms. The molecule has 0 amide bonds. The highest BCUT2D eigenvalue weighted by atomic mass is 35.5. The zero-order valence-electron chi connectivity index (χ0n) is 11.3.